The van der Waals surface area contributed by atoms with Crippen molar-refractivity contribution in [2.75, 3.05) is 25.0 Å². The minimum absolute atomic E-state index is 0.0636. The fourth-order valence-corrected chi connectivity index (χ4v) is 4.98. The summed E-state index contributed by atoms with van der Waals surface area (Å²) in [5.74, 6) is 0.569. The molecular weight excluding hydrogens is 342 g/mol. The number of aliphatic imine (C=N–C) groups is 1. The van der Waals surface area contributed by atoms with Crippen molar-refractivity contribution in [3.05, 3.63) is 34.2 Å². The Morgan fingerprint density at radius 1 is 1.35 bits per heavy atom. The van der Waals surface area contributed by atoms with Gasteiger partial charge in [-0.15, -0.1) is 0 Å². The van der Waals surface area contributed by atoms with Crippen LogP contribution >= 0.6 is 11.8 Å². The predicted molar refractivity (Wildman–Crippen MR) is 113 cm³/mol. The van der Waals surface area contributed by atoms with E-state index in [1.54, 1.807) is 4.90 Å². The third-order valence-corrected chi connectivity index (χ3v) is 6.50. The first-order valence-electron chi connectivity index (χ1n) is 9.42. The van der Waals surface area contributed by atoms with Crippen LogP contribution in [0.1, 0.15) is 58.1 Å². The molecule has 1 aromatic carbocycles. The Hall–Kier alpha value is -1.75. The molecule has 1 saturated heterocycles. The van der Waals surface area contributed by atoms with E-state index in [2.05, 4.69) is 55.9 Å². The zero-order valence-corrected chi connectivity index (χ0v) is 17.5. The molecule has 0 aromatic heterocycles. The highest BCUT2D eigenvalue weighted by Crippen LogP contribution is 2.43. The van der Waals surface area contributed by atoms with Crippen molar-refractivity contribution in [3.63, 3.8) is 0 Å². The molecule has 1 aromatic rings. The summed E-state index contributed by atoms with van der Waals surface area (Å²) in [5, 5.41) is 0.819. The molecule has 4 nitrogen and oxygen atoms in total. The van der Waals surface area contributed by atoms with Crippen molar-refractivity contribution < 1.29 is 4.79 Å². The Balaban J connectivity index is 1.95. The van der Waals surface area contributed by atoms with Gasteiger partial charge in [0.2, 0.25) is 0 Å². The second-order valence-corrected chi connectivity index (χ2v) is 8.72. The van der Waals surface area contributed by atoms with Crippen LogP contribution in [0.15, 0.2) is 28.1 Å². The number of hydrogen-bond donors (Lipinski definition) is 0. The first kappa shape index (κ1) is 19.0. The number of benzene rings is 1. The first-order valence-corrected chi connectivity index (χ1v) is 10.2. The van der Waals surface area contributed by atoms with E-state index in [1.165, 1.54) is 23.0 Å². The summed E-state index contributed by atoms with van der Waals surface area (Å²) in [7, 11) is 2.17. The molecule has 0 saturated carbocycles. The van der Waals surface area contributed by atoms with E-state index in [-0.39, 0.29) is 11.4 Å². The van der Waals surface area contributed by atoms with Crippen molar-refractivity contribution in [3.8, 4) is 0 Å². The zero-order chi connectivity index (χ0) is 19.1. The summed E-state index contributed by atoms with van der Waals surface area (Å²) in [5.41, 5.74) is 3.92. The van der Waals surface area contributed by atoms with Crippen molar-refractivity contribution in [1.82, 2.24) is 4.90 Å². The van der Waals surface area contributed by atoms with E-state index in [9.17, 15) is 4.79 Å². The van der Waals surface area contributed by atoms with Crippen molar-refractivity contribution >= 4 is 34.6 Å². The molecule has 2 heterocycles. The number of carbonyl (C=O) groups excluding carboxylic acids is 1. The van der Waals surface area contributed by atoms with Gasteiger partial charge in [0, 0.05) is 31.4 Å². The number of rotatable bonds is 3. The van der Waals surface area contributed by atoms with Crippen molar-refractivity contribution in [2.24, 2.45) is 4.99 Å². The zero-order valence-electron chi connectivity index (χ0n) is 16.7. The molecule has 1 amide bonds. The SMILES string of the molecule is CCN=C1S/C(=C\c2ccc3c(c2)C(C)CC(C)(C)N3C)C(=O)N1CC. The summed E-state index contributed by atoms with van der Waals surface area (Å²) in [4.78, 5) is 22.0. The number of nitrogens with zero attached hydrogens (tertiary/aromatic N) is 3. The molecule has 0 aliphatic carbocycles. The average Bonchev–Trinajstić information content (AvgIpc) is 2.88. The number of likely N-dealkylation sites (N-methyl/N-ethyl adjacent to an activating group) is 1. The second-order valence-electron chi connectivity index (χ2n) is 7.71. The fourth-order valence-electron chi connectivity index (χ4n) is 3.88. The van der Waals surface area contributed by atoms with Crippen LogP contribution in [0.5, 0.6) is 0 Å². The largest absolute Gasteiger partial charge is 0.369 e. The number of amidine groups is 1. The lowest BCUT2D eigenvalue weighted by Gasteiger charge is -2.45. The molecule has 140 valence electrons. The van der Waals surface area contributed by atoms with Gasteiger partial charge in [0.1, 0.15) is 0 Å². The van der Waals surface area contributed by atoms with E-state index in [1.807, 2.05) is 19.9 Å². The topological polar surface area (TPSA) is 35.9 Å². The summed E-state index contributed by atoms with van der Waals surface area (Å²) in [6.07, 6.45) is 3.14. The van der Waals surface area contributed by atoms with Crippen LogP contribution in [0.2, 0.25) is 0 Å². The Kier molecular flexibility index (Phi) is 5.20. The maximum atomic E-state index is 12.7. The third-order valence-electron chi connectivity index (χ3n) is 5.45. The van der Waals surface area contributed by atoms with Gasteiger partial charge >= 0.3 is 0 Å². The van der Waals surface area contributed by atoms with Crippen LogP contribution in [0.4, 0.5) is 5.69 Å². The maximum Gasteiger partial charge on any atom is 0.266 e. The number of carbonyl (C=O) groups is 1. The van der Waals surface area contributed by atoms with Gasteiger partial charge in [-0.3, -0.25) is 14.7 Å². The molecule has 1 fully saturated rings. The minimum Gasteiger partial charge on any atom is -0.369 e. The summed E-state index contributed by atoms with van der Waals surface area (Å²) >= 11 is 1.49. The van der Waals surface area contributed by atoms with E-state index >= 15 is 0 Å². The van der Waals surface area contributed by atoms with Crippen LogP contribution in [0.3, 0.4) is 0 Å². The molecule has 2 aliphatic heterocycles. The minimum atomic E-state index is 0.0636. The van der Waals surface area contributed by atoms with E-state index in [4.69, 9.17) is 0 Å². The monoisotopic (exact) mass is 371 g/mol. The molecule has 1 atom stereocenters. The number of anilines is 1. The van der Waals surface area contributed by atoms with Gasteiger partial charge in [0.05, 0.1) is 4.91 Å². The van der Waals surface area contributed by atoms with Gasteiger partial charge in [-0.1, -0.05) is 13.0 Å². The lowest BCUT2D eigenvalue weighted by molar-refractivity contribution is -0.122. The van der Waals surface area contributed by atoms with Crippen molar-refractivity contribution in [2.45, 2.75) is 52.5 Å². The molecule has 1 unspecified atom stereocenters. The van der Waals surface area contributed by atoms with Crippen LogP contribution in [0, 0.1) is 0 Å². The fraction of sp³-hybridized carbons (Fsp3) is 0.524. The predicted octanol–water partition coefficient (Wildman–Crippen LogP) is 4.72. The second kappa shape index (κ2) is 7.10. The van der Waals surface area contributed by atoms with E-state index in [0.717, 1.165) is 22.1 Å². The van der Waals surface area contributed by atoms with Gasteiger partial charge in [0.15, 0.2) is 5.17 Å². The molecule has 2 aliphatic rings. The number of thioether (sulfide) groups is 1. The summed E-state index contributed by atoms with van der Waals surface area (Å²) in [6, 6.07) is 6.56. The third kappa shape index (κ3) is 3.29. The summed E-state index contributed by atoms with van der Waals surface area (Å²) in [6.45, 7) is 12.2. The summed E-state index contributed by atoms with van der Waals surface area (Å²) < 4.78 is 0. The average molecular weight is 372 g/mol. The van der Waals surface area contributed by atoms with Crippen LogP contribution in [-0.4, -0.2) is 41.7 Å². The maximum absolute atomic E-state index is 12.7. The molecule has 5 heteroatoms. The Bertz CT molecular complexity index is 781. The molecule has 3 rings (SSSR count). The van der Waals surface area contributed by atoms with Crippen LogP contribution < -0.4 is 4.90 Å². The van der Waals surface area contributed by atoms with Gasteiger partial charge < -0.3 is 4.90 Å². The number of hydrogen-bond acceptors (Lipinski definition) is 4. The van der Waals surface area contributed by atoms with E-state index in [0.29, 0.717) is 19.0 Å². The lowest BCUT2D eigenvalue weighted by atomic mass is 9.80. The standard InChI is InChI=1S/C21H29N3OS/c1-7-22-20-24(8-2)19(25)18(26-20)12-15-9-10-17-16(11-15)14(3)13-21(4,5)23(17)6/h9-12,14H,7-8,13H2,1-6H3/b18-12-,22-20?. The Morgan fingerprint density at radius 3 is 2.73 bits per heavy atom. The highest BCUT2D eigenvalue weighted by Gasteiger charge is 2.35. The number of amides is 1. The first-order chi connectivity index (χ1) is 12.3. The van der Waals surface area contributed by atoms with Gasteiger partial charge in [-0.05, 0) is 81.1 Å². The number of fused-ring (bicyclic) bond motifs is 1. The van der Waals surface area contributed by atoms with Crippen LogP contribution in [-0.2, 0) is 4.79 Å². The normalized spacial score (nSPS) is 25.3. The van der Waals surface area contributed by atoms with Crippen molar-refractivity contribution in [1.29, 1.82) is 0 Å². The molecule has 26 heavy (non-hydrogen) atoms. The Labute approximate surface area is 161 Å². The molecular formula is C21H29N3OS. The molecule has 0 spiro atoms. The van der Waals surface area contributed by atoms with Gasteiger partial charge in [0.25, 0.3) is 5.91 Å². The molecule has 0 radical (unpaired) electrons. The smallest absolute Gasteiger partial charge is 0.266 e. The highest BCUT2D eigenvalue weighted by atomic mass is 32.2. The molecule has 0 bridgehead atoms. The van der Waals surface area contributed by atoms with E-state index < -0.39 is 0 Å². The van der Waals surface area contributed by atoms with Gasteiger partial charge in [-0.25, -0.2) is 0 Å². The lowest BCUT2D eigenvalue weighted by Crippen LogP contribution is -2.45. The van der Waals surface area contributed by atoms with Gasteiger partial charge in [-0.2, -0.15) is 0 Å². The molecule has 0 N–H and O–H groups in total. The Morgan fingerprint density at radius 2 is 2.08 bits per heavy atom. The highest BCUT2D eigenvalue weighted by molar-refractivity contribution is 8.18. The van der Waals surface area contributed by atoms with Crippen LogP contribution in [0.25, 0.3) is 6.08 Å². The quantitative estimate of drug-likeness (QED) is 0.721.